The number of hydrogen-bond acceptors (Lipinski definition) is 3. The third-order valence-electron chi connectivity index (χ3n) is 2.94. The number of carbonyl (C=O) groups is 1. The van der Waals surface area contributed by atoms with E-state index in [0.717, 1.165) is 20.9 Å². The van der Waals surface area contributed by atoms with Crippen molar-refractivity contribution in [2.45, 2.75) is 18.9 Å². The molecule has 0 saturated heterocycles. The summed E-state index contributed by atoms with van der Waals surface area (Å²) < 4.78 is 5.71. The second-order valence-corrected chi connectivity index (χ2v) is 5.51. The Balaban J connectivity index is 2.37. The molecule has 0 amide bonds. The van der Waals surface area contributed by atoms with Gasteiger partial charge in [0, 0.05) is 28.0 Å². The topological polar surface area (TPSA) is 68.1 Å². The second kappa shape index (κ2) is 4.74. The average Bonchev–Trinajstić information content (AvgIpc) is 2.70. The van der Waals surface area contributed by atoms with Gasteiger partial charge < -0.3 is 15.5 Å². The molecule has 1 aromatic heterocycles. The molecule has 4 nitrogen and oxygen atoms in total. The maximum absolute atomic E-state index is 11.6. The van der Waals surface area contributed by atoms with Crippen LogP contribution in [0.1, 0.15) is 12.5 Å². The average molecular weight is 311 g/mol. The van der Waals surface area contributed by atoms with Gasteiger partial charge in [-0.25, -0.2) is 0 Å². The van der Waals surface area contributed by atoms with E-state index >= 15 is 0 Å². The van der Waals surface area contributed by atoms with Gasteiger partial charge in [-0.15, -0.1) is 0 Å². The molecule has 0 aliphatic rings. The fourth-order valence-electron chi connectivity index (χ4n) is 2.00. The molecule has 1 aromatic carbocycles. The van der Waals surface area contributed by atoms with Crippen LogP contribution < -0.4 is 5.73 Å². The number of nitrogens with one attached hydrogen (secondary N) is 1. The molecule has 3 N–H and O–H groups in total. The van der Waals surface area contributed by atoms with Crippen LogP contribution in [0.25, 0.3) is 10.9 Å². The number of nitrogens with two attached hydrogens (primary N) is 1. The van der Waals surface area contributed by atoms with Crippen LogP contribution in [0, 0.1) is 0 Å². The number of halogens is 1. The minimum absolute atomic E-state index is 0.410. The molecule has 0 radical (unpaired) electrons. The lowest BCUT2D eigenvalue weighted by molar-refractivity contribution is -0.146. The van der Waals surface area contributed by atoms with Crippen molar-refractivity contribution in [2.75, 3.05) is 7.11 Å². The van der Waals surface area contributed by atoms with Crippen LogP contribution in [0.4, 0.5) is 0 Å². The van der Waals surface area contributed by atoms with Crippen LogP contribution in [0.3, 0.4) is 0 Å². The minimum atomic E-state index is -1.02. The number of rotatable bonds is 3. The van der Waals surface area contributed by atoms with Crippen molar-refractivity contribution in [1.82, 2.24) is 4.98 Å². The van der Waals surface area contributed by atoms with Gasteiger partial charge in [0.05, 0.1) is 7.11 Å². The number of aromatic nitrogens is 1. The molecule has 0 aliphatic heterocycles. The molecule has 0 fully saturated rings. The van der Waals surface area contributed by atoms with Gasteiger partial charge in [0.25, 0.3) is 0 Å². The number of carbonyl (C=O) groups excluding carboxylic acids is 1. The highest BCUT2D eigenvalue weighted by Gasteiger charge is 2.30. The molecule has 1 heterocycles. The normalized spacial score (nSPS) is 14.4. The summed E-state index contributed by atoms with van der Waals surface area (Å²) in [7, 11) is 1.35. The first kappa shape index (κ1) is 13.1. The van der Waals surface area contributed by atoms with E-state index in [9.17, 15) is 4.79 Å². The molecule has 2 aromatic rings. The summed E-state index contributed by atoms with van der Waals surface area (Å²) in [4.78, 5) is 14.8. The van der Waals surface area contributed by atoms with Gasteiger partial charge in [0.15, 0.2) is 0 Å². The lowest BCUT2D eigenvalue weighted by Crippen LogP contribution is -2.47. The fraction of sp³-hybridized carbons (Fsp3) is 0.308. The van der Waals surface area contributed by atoms with Crippen molar-refractivity contribution in [3.63, 3.8) is 0 Å². The number of hydrogen-bond donors (Lipinski definition) is 2. The summed E-state index contributed by atoms with van der Waals surface area (Å²) in [6.07, 6.45) is 2.31. The molecule has 96 valence electrons. The number of esters is 1. The van der Waals surface area contributed by atoms with Crippen molar-refractivity contribution in [2.24, 2.45) is 5.73 Å². The molecule has 5 heteroatoms. The van der Waals surface area contributed by atoms with Gasteiger partial charge in [-0.1, -0.05) is 15.9 Å². The Morgan fingerprint density at radius 1 is 1.56 bits per heavy atom. The first-order chi connectivity index (χ1) is 8.44. The molecule has 0 aliphatic carbocycles. The molecule has 0 saturated carbocycles. The number of ether oxygens (including phenoxy) is 1. The quantitative estimate of drug-likeness (QED) is 0.855. The molecule has 18 heavy (non-hydrogen) atoms. The highest BCUT2D eigenvalue weighted by Crippen LogP contribution is 2.25. The van der Waals surface area contributed by atoms with Crippen LogP contribution in [0.5, 0.6) is 0 Å². The van der Waals surface area contributed by atoms with Crippen molar-refractivity contribution >= 4 is 32.8 Å². The van der Waals surface area contributed by atoms with Gasteiger partial charge in [0.2, 0.25) is 0 Å². The van der Waals surface area contributed by atoms with Crippen molar-refractivity contribution in [1.29, 1.82) is 0 Å². The van der Waals surface area contributed by atoms with Gasteiger partial charge >= 0.3 is 5.97 Å². The highest BCUT2D eigenvalue weighted by atomic mass is 79.9. The second-order valence-electron chi connectivity index (χ2n) is 4.59. The third kappa shape index (κ3) is 2.42. The smallest absolute Gasteiger partial charge is 0.325 e. The molecule has 1 unspecified atom stereocenters. The first-order valence-electron chi connectivity index (χ1n) is 5.57. The Morgan fingerprint density at radius 3 is 2.94 bits per heavy atom. The van der Waals surface area contributed by atoms with Gasteiger partial charge in [0.1, 0.15) is 5.54 Å². The van der Waals surface area contributed by atoms with Crippen LogP contribution >= 0.6 is 15.9 Å². The maximum Gasteiger partial charge on any atom is 0.325 e. The molecule has 2 rings (SSSR count). The Bertz CT molecular complexity index is 590. The van der Waals surface area contributed by atoms with Gasteiger partial charge in [-0.3, -0.25) is 4.79 Å². The fourth-order valence-corrected chi connectivity index (χ4v) is 2.36. The van der Waals surface area contributed by atoms with E-state index in [1.165, 1.54) is 7.11 Å². The largest absolute Gasteiger partial charge is 0.468 e. The lowest BCUT2D eigenvalue weighted by atomic mass is 9.94. The van der Waals surface area contributed by atoms with E-state index in [1.54, 1.807) is 6.92 Å². The Labute approximate surface area is 114 Å². The van der Waals surface area contributed by atoms with E-state index in [1.807, 2.05) is 24.4 Å². The molecule has 1 atom stereocenters. The van der Waals surface area contributed by atoms with Crippen LogP contribution in [-0.2, 0) is 16.0 Å². The summed E-state index contributed by atoms with van der Waals surface area (Å²) in [5.41, 5.74) is 6.99. The zero-order valence-electron chi connectivity index (χ0n) is 10.3. The summed E-state index contributed by atoms with van der Waals surface area (Å²) >= 11 is 3.44. The standard InChI is InChI=1S/C13H15BrN2O2/c1-13(15,12(17)18-2)6-8-7-16-11-4-3-9(14)5-10(8)11/h3-5,7,16H,6,15H2,1-2H3. The molecule has 0 spiro atoms. The number of aromatic amines is 1. The van der Waals surface area contributed by atoms with Crippen LogP contribution in [-0.4, -0.2) is 23.6 Å². The molecule has 0 bridgehead atoms. The number of fused-ring (bicyclic) bond motifs is 1. The summed E-state index contributed by atoms with van der Waals surface area (Å²) in [5.74, 6) is -0.410. The van der Waals surface area contributed by atoms with Gasteiger partial charge in [-0.2, -0.15) is 0 Å². The lowest BCUT2D eigenvalue weighted by Gasteiger charge is -2.20. The minimum Gasteiger partial charge on any atom is -0.468 e. The predicted molar refractivity (Wildman–Crippen MR) is 74.3 cm³/mol. The van der Waals surface area contributed by atoms with Crippen LogP contribution in [0.2, 0.25) is 0 Å². The predicted octanol–water partition coefficient (Wildman–Crippen LogP) is 2.36. The Kier molecular flexibility index (Phi) is 3.45. The Morgan fingerprint density at radius 2 is 2.28 bits per heavy atom. The van der Waals surface area contributed by atoms with E-state index in [-0.39, 0.29) is 0 Å². The first-order valence-corrected chi connectivity index (χ1v) is 6.36. The van der Waals surface area contributed by atoms with E-state index < -0.39 is 11.5 Å². The highest BCUT2D eigenvalue weighted by molar-refractivity contribution is 9.10. The van der Waals surface area contributed by atoms with Crippen LogP contribution in [0.15, 0.2) is 28.9 Å². The van der Waals surface area contributed by atoms with Crippen molar-refractivity contribution in [3.05, 3.63) is 34.4 Å². The van der Waals surface area contributed by atoms with E-state index in [0.29, 0.717) is 6.42 Å². The zero-order chi connectivity index (χ0) is 13.3. The maximum atomic E-state index is 11.6. The number of methoxy groups -OCH3 is 1. The zero-order valence-corrected chi connectivity index (χ0v) is 11.9. The van der Waals surface area contributed by atoms with E-state index in [4.69, 9.17) is 10.5 Å². The summed E-state index contributed by atoms with van der Waals surface area (Å²) in [5, 5.41) is 1.06. The Hall–Kier alpha value is -1.33. The SMILES string of the molecule is COC(=O)C(C)(N)Cc1c[nH]c2ccc(Br)cc12. The number of benzene rings is 1. The molecular weight excluding hydrogens is 296 g/mol. The summed E-state index contributed by atoms with van der Waals surface area (Å²) in [6.45, 7) is 1.68. The van der Waals surface area contributed by atoms with E-state index in [2.05, 4.69) is 20.9 Å². The van der Waals surface area contributed by atoms with Crippen molar-refractivity contribution < 1.29 is 9.53 Å². The number of H-pyrrole nitrogens is 1. The van der Waals surface area contributed by atoms with Gasteiger partial charge in [-0.05, 0) is 30.7 Å². The monoisotopic (exact) mass is 310 g/mol. The molecular formula is C13H15BrN2O2. The summed E-state index contributed by atoms with van der Waals surface area (Å²) in [6, 6.07) is 5.95. The third-order valence-corrected chi connectivity index (χ3v) is 3.43. The van der Waals surface area contributed by atoms with Crippen molar-refractivity contribution in [3.8, 4) is 0 Å².